The number of likely N-dealkylation sites (N-methyl/N-ethyl adjacent to an activating group) is 1. The highest BCUT2D eigenvalue weighted by Crippen LogP contribution is 2.16. The maximum absolute atomic E-state index is 12.9. The molecule has 0 rings (SSSR count). The average Bonchev–Trinajstić information content (AvgIpc) is 3.37. The Kier molecular flexibility index (Phi) is 53.9. The van der Waals surface area contributed by atoms with Gasteiger partial charge in [0.1, 0.15) is 13.2 Å². The van der Waals surface area contributed by atoms with E-state index in [1.165, 1.54) is 180 Å². The van der Waals surface area contributed by atoms with Crippen LogP contribution in [-0.2, 0) is 33.3 Å². The van der Waals surface area contributed by atoms with Crippen LogP contribution < -0.4 is 0 Å². The number of ether oxygens (including phenoxy) is 4. The van der Waals surface area contributed by atoms with E-state index in [4.69, 9.17) is 18.9 Å². The lowest BCUT2D eigenvalue weighted by molar-refractivity contribution is -0.870. The maximum Gasteiger partial charge on any atom is 0.361 e. The van der Waals surface area contributed by atoms with Crippen LogP contribution in [0.25, 0.3) is 0 Å². The fourth-order valence-corrected chi connectivity index (χ4v) is 8.70. The highest BCUT2D eigenvalue weighted by atomic mass is 16.7. The highest BCUT2D eigenvalue weighted by Gasteiger charge is 2.25. The summed E-state index contributed by atoms with van der Waals surface area (Å²) >= 11 is 0. The molecular weight excluding hydrogens is 923 g/mol. The molecule has 9 heteroatoms. The van der Waals surface area contributed by atoms with Gasteiger partial charge in [-0.25, -0.2) is 4.79 Å². The van der Waals surface area contributed by atoms with Gasteiger partial charge in [-0.15, -0.1) is 0 Å². The second-order valence-electron chi connectivity index (χ2n) is 22.0. The zero-order valence-electron chi connectivity index (χ0n) is 49.0. The van der Waals surface area contributed by atoms with Gasteiger partial charge in [0.2, 0.25) is 0 Å². The van der Waals surface area contributed by atoms with Crippen molar-refractivity contribution in [2.24, 2.45) is 0 Å². The third-order valence-corrected chi connectivity index (χ3v) is 13.5. The van der Waals surface area contributed by atoms with E-state index in [2.05, 4.69) is 74.6 Å². The Hall–Kier alpha value is -3.01. The zero-order chi connectivity index (χ0) is 54.1. The summed E-state index contributed by atoms with van der Waals surface area (Å²) in [6, 6.07) is 0. The zero-order valence-corrected chi connectivity index (χ0v) is 49.0. The third-order valence-electron chi connectivity index (χ3n) is 13.5. The van der Waals surface area contributed by atoms with Crippen LogP contribution in [0.2, 0.25) is 0 Å². The lowest BCUT2D eigenvalue weighted by atomic mass is 10.0. The van der Waals surface area contributed by atoms with Crippen LogP contribution >= 0.6 is 0 Å². The van der Waals surface area contributed by atoms with Gasteiger partial charge in [0.25, 0.3) is 6.29 Å². The summed E-state index contributed by atoms with van der Waals surface area (Å²) in [6.07, 6.45) is 68.8. The number of nitrogens with zero attached hydrogens (tertiary/aromatic N) is 1. The smallest absolute Gasteiger partial charge is 0.361 e. The monoisotopic (exact) mass is 1040 g/mol. The number of esters is 2. The molecule has 0 heterocycles. The summed E-state index contributed by atoms with van der Waals surface area (Å²) in [4.78, 5) is 37.5. The quantitative estimate of drug-likeness (QED) is 0.0211. The molecule has 1 N–H and O–H groups in total. The van der Waals surface area contributed by atoms with Crippen molar-refractivity contribution < 1.29 is 42.9 Å². The summed E-state index contributed by atoms with van der Waals surface area (Å²) in [5.74, 6) is -2.01. The Bertz CT molecular complexity index is 1400. The summed E-state index contributed by atoms with van der Waals surface area (Å²) in [5, 5.41) is 9.71. The number of hydrogen-bond donors (Lipinski definition) is 1. The number of allylic oxidation sites excluding steroid dienone is 10. The highest BCUT2D eigenvalue weighted by molar-refractivity contribution is 5.71. The minimum atomic E-state index is -1.51. The summed E-state index contributed by atoms with van der Waals surface area (Å²) in [7, 11) is 5.97. The van der Waals surface area contributed by atoms with Crippen LogP contribution in [-0.4, -0.2) is 87.4 Å². The van der Waals surface area contributed by atoms with Gasteiger partial charge in [-0.2, -0.15) is 0 Å². The minimum absolute atomic E-state index is 0.186. The van der Waals surface area contributed by atoms with Crippen molar-refractivity contribution in [3.63, 3.8) is 0 Å². The number of carbonyl (C=O) groups is 3. The van der Waals surface area contributed by atoms with Crippen molar-refractivity contribution in [2.45, 2.75) is 289 Å². The van der Waals surface area contributed by atoms with Crippen LogP contribution in [0.3, 0.4) is 0 Å². The van der Waals surface area contributed by atoms with Crippen LogP contribution in [0.4, 0.5) is 0 Å². The largest absolute Gasteiger partial charge is 0.477 e. The third kappa shape index (κ3) is 56.7. The van der Waals surface area contributed by atoms with Gasteiger partial charge >= 0.3 is 17.9 Å². The molecule has 9 nitrogen and oxygen atoms in total. The SMILES string of the molecule is CCCCCC/C=C\C/C=C\CCCCCCCCCC(=O)OCC(COC(OCC[N+](C)(C)C)C(=O)O)OC(=O)CCCCCCCCCCCCCCCCCC/C=C\C/C=C\C/C=C\CCCCCCC. The van der Waals surface area contributed by atoms with Crippen LogP contribution in [0, 0.1) is 0 Å². The van der Waals surface area contributed by atoms with Gasteiger partial charge in [-0.3, -0.25) is 9.59 Å². The number of hydrogen-bond acceptors (Lipinski definition) is 7. The summed E-state index contributed by atoms with van der Waals surface area (Å²) in [6.45, 7) is 4.86. The van der Waals surface area contributed by atoms with Gasteiger partial charge in [0.15, 0.2) is 6.10 Å². The van der Waals surface area contributed by atoms with Crippen LogP contribution in [0.15, 0.2) is 60.8 Å². The van der Waals surface area contributed by atoms with E-state index >= 15 is 0 Å². The molecule has 0 aromatic carbocycles. The Balaban J connectivity index is 4.15. The second-order valence-corrected chi connectivity index (χ2v) is 22.0. The number of aliphatic carboxylic acids is 1. The predicted octanol–water partition coefficient (Wildman–Crippen LogP) is 18.4. The van der Waals surface area contributed by atoms with Gasteiger partial charge in [-0.05, 0) is 83.5 Å². The van der Waals surface area contributed by atoms with Crippen molar-refractivity contribution >= 4 is 17.9 Å². The van der Waals surface area contributed by atoms with E-state index in [1.54, 1.807) is 0 Å². The van der Waals surface area contributed by atoms with E-state index in [9.17, 15) is 19.5 Å². The van der Waals surface area contributed by atoms with Crippen molar-refractivity contribution in [2.75, 3.05) is 47.5 Å². The summed E-state index contributed by atoms with van der Waals surface area (Å²) < 4.78 is 22.9. The van der Waals surface area contributed by atoms with E-state index in [0.717, 1.165) is 70.6 Å². The average molecular weight is 1040 g/mol. The number of rotatable bonds is 57. The topological polar surface area (TPSA) is 108 Å². The second kappa shape index (κ2) is 56.2. The number of carboxylic acid groups (broad SMARTS) is 1. The summed E-state index contributed by atoms with van der Waals surface area (Å²) in [5.41, 5.74) is 0. The Morgan fingerprint density at radius 3 is 1.09 bits per heavy atom. The van der Waals surface area contributed by atoms with E-state index in [1.807, 2.05) is 21.1 Å². The molecule has 0 saturated carbocycles. The first-order chi connectivity index (χ1) is 36.1. The Morgan fingerprint density at radius 2 is 0.730 bits per heavy atom. The first-order valence-electron chi connectivity index (χ1n) is 31.0. The molecular formula is C65H118NO8+. The predicted molar refractivity (Wildman–Crippen MR) is 313 cm³/mol. The molecule has 430 valence electrons. The van der Waals surface area contributed by atoms with Crippen molar-refractivity contribution in [1.82, 2.24) is 0 Å². The molecule has 74 heavy (non-hydrogen) atoms. The number of quaternary nitrogens is 1. The molecule has 0 bridgehead atoms. The van der Waals surface area contributed by atoms with Crippen molar-refractivity contribution in [1.29, 1.82) is 0 Å². The van der Waals surface area contributed by atoms with E-state index < -0.39 is 24.3 Å². The van der Waals surface area contributed by atoms with Crippen LogP contribution in [0.5, 0.6) is 0 Å². The molecule has 0 aromatic rings. The molecule has 0 spiro atoms. The van der Waals surface area contributed by atoms with Gasteiger partial charge in [0, 0.05) is 12.8 Å². The van der Waals surface area contributed by atoms with Gasteiger partial charge < -0.3 is 28.5 Å². The molecule has 0 fully saturated rings. The Morgan fingerprint density at radius 1 is 0.405 bits per heavy atom. The molecule has 0 amide bonds. The van der Waals surface area contributed by atoms with Crippen molar-refractivity contribution in [3.05, 3.63) is 60.8 Å². The minimum Gasteiger partial charge on any atom is -0.477 e. The molecule has 0 saturated heterocycles. The first-order valence-corrected chi connectivity index (χ1v) is 31.0. The fraction of sp³-hybridized carbons (Fsp3) is 0.800. The normalized spacial score (nSPS) is 13.1. The van der Waals surface area contributed by atoms with E-state index in [0.29, 0.717) is 17.4 Å². The standard InChI is InChI=1S/C65H117NO8/c1-6-8-10-12-14-16-18-20-22-24-26-27-28-29-30-31-32-33-34-35-36-37-38-40-42-44-46-48-50-52-54-56-63(68)74-61(60-73-65(64(69)70)71-58-57-66(3,4)5)59-72-62(67)55-53-51-49-47-45-43-41-39-25-23-21-19-17-15-13-11-9-7-2/h17-20,23-26,28-29,61,65H,6-16,21-22,27,30-60H2,1-5H3/p+1/b19-17-,20-18-,25-23-,26-24-,29-28-. The molecule has 0 aromatic heterocycles. The number of carboxylic acids is 1. The fourth-order valence-electron chi connectivity index (χ4n) is 8.70. The molecule has 0 radical (unpaired) electrons. The molecule has 0 aliphatic carbocycles. The van der Waals surface area contributed by atoms with Gasteiger partial charge in [-0.1, -0.05) is 242 Å². The molecule has 0 aliphatic rings. The van der Waals surface area contributed by atoms with Gasteiger partial charge in [0.05, 0.1) is 34.4 Å². The first kappa shape index (κ1) is 71.0. The molecule has 0 aliphatic heterocycles. The number of carbonyl (C=O) groups excluding carboxylic acids is 2. The molecule has 2 atom stereocenters. The lowest BCUT2D eigenvalue weighted by Gasteiger charge is -2.25. The number of unbranched alkanes of at least 4 members (excludes halogenated alkanes) is 32. The van der Waals surface area contributed by atoms with E-state index in [-0.39, 0.29) is 32.2 Å². The Labute approximate surface area is 456 Å². The maximum atomic E-state index is 12.9. The van der Waals surface area contributed by atoms with Crippen LogP contribution in [0.1, 0.15) is 277 Å². The lowest BCUT2D eigenvalue weighted by Crippen LogP contribution is -2.40. The van der Waals surface area contributed by atoms with Crippen molar-refractivity contribution in [3.8, 4) is 0 Å². The molecule has 2 unspecified atom stereocenters.